The van der Waals surface area contributed by atoms with Crippen LogP contribution in [0.15, 0.2) is 23.1 Å². The lowest BCUT2D eigenvalue weighted by Gasteiger charge is -2.10. The first-order chi connectivity index (χ1) is 8.58. The number of hydrogen-bond donors (Lipinski definition) is 2. The Hall–Kier alpha value is -2.15. The number of rotatable bonds is 4. The molecule has 2 N–H and O–H groups in total. The Morgan fingerprint density at radius 1 is 1.50 bits per heavy atom. The molecule has 0 saturated carbocycles. The summed E-state index contributed by atoms with van der Waals surface area (Å²) in [6.07, 6.45) is 1.48. The molecular weight excluding hydrogens is 234 g/mol. The monoisotopic (exact) mass is 249 g/mol. The third-order valence-corrected chi connectivity index (χ3v) is 2.52. The second kappa shape index (κ2) is 5.01. The average molecular weight is 249 g/mol. The number of fused-ring (bicyclic) bond motifs is 1. The van der Waals surface area contributed by atoms with Crippen LogP contribution in [-0.2, 0) is 0 Å². The van der Waals surface area contributed by atoms with Crippen LogP contribution in [0.25, 0.3) is 5.65 Å². The fourth-order valence-corrected chi connectivity index (χ4v) is 1.54. The second-order valence-corrected chi connectivity index (χ2v) is 4.23. The van der Waals surface area contributed by atoms with Gasteiger partial charge >= 0.3 is 5.69 Å². The van der Waals surface area contributed by atoms with E-state index in [1.54, 1.807) is 12.1 Å². The fourth-order valence-electron chi connectivity index (χ4n) is 1.54. The van der Waals surface area contributed by atoms with Crippen molar-refractivity contribution in [1.82, 2.24) is 24.8 Å². The molecule has 2 rings (SSSR count). The first-order valence-electron chi connectivity index (χ1n) is 5.57. The molecule has 7 heteroatoms. The van der Waals surface area contributed by atoms with E-state index in [2.05, 4.69) is 15.5 Å². The highest BCUT2D eigenvalue weighted by atomic mass is 16.2. The SMILES string of the molecule is CN(C)CCNC(=O)c1ccc2n[nH]c(=O)n2c1. The van der Waals surface area contributed by atoms with E-state index in [0.29, 0.717) is 17.8 Å². The molecule has 7 nitrogen and oxygen atoms in total. The molecule has 0 fully saturated rings. The molecule has 0 aromatic carbocycles. The van der Waals surface area contributed by atoms with Crippen LogP contribution in [0, 0.1) is 0 Å². The molecule has 0 aliphatic carbocycles. The van der Waals surface area contributed by atoms with Crippen molar-refractivity contribution < 1.29 is 4.79 Å². The Labute approximate surface area is 103 Å². The molecule has 2 aromatic rings. The molecule has 0 aliphatic rings. The molecule has 18 heavy (non-hydrogen) atoms. The number of H-pyrrole nitrogens is 1. The van der Waals surface area contributed by atoms with E-state index in [1.165, 1.54) is 10.6 Å². The molecule has 0 bridgehead atoms. The first-order valence-corrected chi connectivity index (χ1v) is 5.57. The van der Waals surface area contributed by atoms with Gasteiger partial charge in [0.1, 0.15) is 0 Å². The lowest BCUT2D eigenvalue weighted by molar-refractivity contribution is 0.0950. The Morgan fingerprint density at radius 3 is 3.00 bits per heavy atom. The smallest absolute Gasteiger partial charge is 0.347 e. The maximum absolute atomic E-state index is 11.8. The summed E-state index contributed by atoms with van der Waals surface area (Å²) in [4.78, 5) is 25.2. The van der Waals surface area contributed by atoms with Crippen LogP contribution in [0.3, 0.4) is 0 Å². The number of amides is 1. The summed E-state index contributed by atoms with van der Waals surface area (Å²) in [6, 6.07) is 3.26. The van der Waals surface area contributed by atoms with Crippen molar-refractivity contribution in [1.29, 1.82) is 0 Å². The van der Waals surface area contributed by atoms with Crippen LogP contribution in [-0.4, -0.2) is 52.6 Å². The summed E-state index contributed by atoms with van der Waals surface area (Å²) in [5.41, 5.74) is 0.572. The summed E-state index contributed by atoms with van der Waals surface area (Å²) in [5.74, 6) is -0.202. The molecule has 0 unspecified atom stereocenters. The number of aromatic nitrogens is 3. The molecule has 0 saturated heterocycles. The zero-order valence-corrected chi connectivity index (χ0v) is 10.3. The van der Waals surface area contributed by atoms with Gasteiger partial charge in [0.25, 0.3) is 5.91 Å². The van der Waals surface area contributed by atoms with Gasteiger partial charge in [-0.25, -0.2) is 14.3 Å². The topological polar surface area (TPSA) is 82.5 Å². The Kier molecular flexibility index (Phi) is 3.42. The van der Waals surface area contributed by atoms with Crippen molar-refractivity contribution in [3.05, 3.63) is 34.4 Å². The van der Waals surface area contributed by atoms with Gasteiger partial charge in [0.05, 0.1) is 5.56 Å². The van der Waals surface area contributed by atoms with Crippen molar-refractivity contribution in [3.63, 3.8) is 0 Å². The van der Waals surface area contributed by atoms with Crippen LogP contribution in [0.1, 0.15) is 10.4 Å². The van der Waals surface area contributed by atoms with Gasteiger partial charge in [0, 0.05) is 19.3 Å². The predicted molar refractivity (Wildman–Crippen MR) is 66.7 cm³/mol. The maximum atomic E-state index is 11.8. The van der Waals surface area contributed by atoms with Crippen LogP contribution in [0.4, 0.5) is 0 Å². The molecular formula is C11H15N5O2. The van der Waals surface area contributed by atoms with E-state index in [4.69, 9.17) is 0 Å². The van der Waals surface area contributed by atoms with Gasteiger partial charge in [-0.3, -0.25) is 4.79 Å². The van der Waals surface area contributed by atoms with E-state index in [0.717, 1.165) is 6.54 Å². The lowest BCUT2D eigenvalue weighted by Crippen LogP contribution is -2.31. The van der Waals surface area contributed by atoms with Crippen LogP contribution >= 0.6 is 0 Å². The van der Waals surface area contributed by atoms with Gasteiger partial charge < -0.3 is 10.2 Å². The number of carbonyl (C=O) groups excluding carboxylic acids is 1. The van der Waals surface area contributed by atoms with Crippen LogP contribution in [0.2, 0.25) is 0 Å². The molecule has 0 radical (unpaired) electrons. The molecule has 0 atom stereocenters. The van der Waals surface area contributed by atoms with Crippen molar-refractivity contribution in [3.8, 4) is 0 Å². The highest BCUT2D eigenvalue weighted by Crippen LogP contribution is 2.01. The highest BCUT2D eigenvalue weighted by Gasteiger charge is 2.07. The fraction of sp³-hybridized carbons (Fsp3) is 0.364. The number of hydrogen-bond acceptors (Lipinski definition) is 4. The van der Waals surface area contributed by atoms with E-state index < -0.39 is 0 Å². The zero-order valence-electron chi connectivity index (χ0n) is 10.3. The Balaban J connectivity index is 2.13. The molecule has 1 amide bonds. The van der Waals surface area contributed by atoms with E-state index in [-0.39, 0.29) is 11.6 Å². The minimum absolute atomic E-state index is 0.202. The second-order valence-electron chi connectivity index (χ2n) is 4.23. The van der Waals surface area contributed by atoms with E-state index in [1.807, 2.05) is 19.0 Å². The minimum Gasteiger partial charge on any atom is -0.351 e. The number of nitrogens with zero attached hydrogens (tertiary/aromatic N) is 3. The zero-order chi connectivity index (χ0) is 13.1. The number of nitrogens with one attached hydrogen (secondary N) is 2. The summed E-state index contributed by atoms with van der Waals surface area (Å²) in [5, 5.41) is 8.89. The largest absolute Gasteiger partial charge is 0.351 e. The van der Waals surface area contributed by atoms with Crippen molar-refractivity contribution in [2.45, 2.75) is 0 Å². The molecule has 0 spiro atoms. The number of aromatic amines is 1. The summed E-state index contributed by atoms with van der Waals surface area (Å²) >= 11 is 0. The lowest BCUT2D eigenvalue weighted by atomic mass is 10.2. The maximum Gasteiger partial charge on any atom is 0.347 e. The van der Waals surface area contributed by atoms with Crippen LogP contribution in [0.5, 0.6) is 0 Å². The van der Waals surface area contributed by atoms with Gasteiger partial charge in [0.2, 0.25) is 0 Å². The third kappa shape index (κ3) is 2.57. The first kappa shape index (κ1) is 12.3. The van der Waals surface area contributed by atoms with Gasteiger partial charge in [-0.15, -0.1) is 0 Å². The normalized spacial score (nSPS) is 11.1. The summed E-state index contributed by atoms with van der Waals surface area (Å²) < 4.78 is 1.31. The third-order valence-electron chi connectivity index (χ3n) is 2.52. The highest BCUT2D eigenvalue weighted by molar-refractivity contribution is 5.94. The van der Waals surface area contributed by atoms with Gasteiger partial charge in [0.15, 0.2) is 5.65 Å². The van der Waals surface area contributed by atoms with Crippen molar-refractivity contribution in [2.75, 3.05) is 27.2 Å². The predicted octanol–water partition coefficient (Wildman–Crippen LogP) is -0.686. The number of likely N-dealkylation sites (N-methyl/N-ethyl adjacent to an activating group) is 1. The minimum atomic E-state index is -0.354. The van der Waals surface area contributed by atoms with Gasteiger partial charge in [-0.05, 0) is 26.2 Å². The van der Waals surface area contributed by atoms with Gasteiger partial charge in [-0.1, -0.05) is 0 Å². The van der Waals surface area contributed by atoms with Gasteiger partial charge in [-0.2, -0.15) is 5.10 Å². The van der Waals surface area contributed by atoms with Crippen LogP contribution < -0.4 is 11.0 Å². The average Bonchev–Trinajstić information content (AvgIpc) is 2.70. The molecule has 96 valence electrons. The summed E-state index contributed by atoms with van der Waals surface area (Å²) in [6.45, 7) is 1.32. The Bertz CT molecular complexity index is 613. The summed E-state index contributed by atoms with van der Waals surface area (Å²) in [7, 11) is 3.87. The van der Waals surface area contributed by atoms with E-state index in [9.17, 15) is 9.59 Å². The molecule has 2 aromatic heterocycles. The molecule has 2 heterocycles. The number of carbonyl (C=O) groups is 1. The Morgan fingerprint density at radius 2 is 2.28 bits per heavy atom. The van der Waals surface area contributed by atoms with E-state index >= 15 is 0 Å². The van der Waals surface area contributed by atoms with Crippen molar-refractivity contribution >= 4 is 11.6 Å². The number of pyridine rings is 1. The van der Waals surface area contributed by atoms with Crippen molar-refractivity contribution in [2.24, 2.45) is 0 Å². The molecule has 0 aliphatic heterocycles. The standard InChI is InChI=1S/C11H15N5O2/c1-15(2)6-5-12-10(17)8-3-4-9-13-14-11(18)16(9)7-8/h3-4,7H,5-6H2,1-2H3,(H,12,17)(H,14,18). The quantitative estimate of drug-likeness (QED) is 0.751.